The summed E-state index contributed by atoms with van der Waals surface area (Å²) in [6.45, 7) is 7.67. The van der Waals surface area contributed by atoms with E-state index in [1.54, 1.807) is 6.20 Å². The number of rotatable bonds is 7. The van der Waals surface area contributed by atoms with E-state index in [0.717, 1.165) is 55.5 Å². The number of amides is 1. The summed E-state index contributed by atoms with van der Waals surface area (Å²) in [5.41, 5.74) is 1.55. The van der Waals surface area contributed by atoms with Gasteiger partial charge in [-0.3, -0.25) is 4.79 Å². The molecule has 3 heterocycles. The number of aromatic nitrogens is 2. The van der Waals surface area contributed by atoms with Gasteiger partial charge in [-0.25, -0.2) is 4.98 Å². The predicted molar refractivity (Wildman–Crippen MR) is 117 cm³/mol. The molecule has 0 bridgehead atoms. The van der Waals surface area contributed by atoms with Crippen LogP contribution in [0.1, 0.15) is 41.6 Å². The molecule has 1 aliphatic rings. The van der Waals surface area contributed by atoms with Gasteiger partial charge in [0.25, 0.3) is 5.91 Å². The highest BCUT2D eigenvalue weighted by atomic mass is 35.5. The quantitative estimate of drug-likeness (QED) is 0.648. The van der Waals surface area contributed by atoms with Crippen LogP contribution in [0.15, 0.2) is 33.9 Å². The summed E-state index contributed by atoms with van der Waals surface area (Å²) >= 11 is 1.53. The first kappa shape index (κ1) is 24.8. The lowest BCUT2D eigenvalue weighted by atomic mass is 9.96. The molecule has 1 aliphatic heterocycles. The lowest BCUT2D eigenvalue weighted by Crippen LogP contribution is -2.41. The van der Waals surface area contributed by atoms with E-state index < -0.39 is 0 Å². The van der Waals surface area contributed by atoms with Gasteiger partial charge in [0.2, 0.25) is 0 Å². The third-order valence-corrected chi connectivity index (χ3v) is 5.66. The van der Waals surface area contributed by atoms with Crippen LogP contribution in [0.3, 0.4) is 0 Å². The zero-order valence-electron chi connectivity index (χ0n) is 16.2. The fourth-order valence-corrected chi connectivity index (χ4v) is 4.02. The van der Waals surface area contributed by atoms with E-state index in [4.69, 9.17) is 4.52 Å². The van der Waals surface area contributed by atoms with Crippen molar-refractivity contribution in [3.63, 3.8) is 0 Å². The van der Waals surface area contributed by atoms with Crippen molar-refractivity contribution in [2.45, 2.75) is 37.5 Å². The second-order valence-electron chi connectivity index (χ2n) is 6.62. The number of likely N-dealkylation sites (tertiary alicyclic amines) is 1. The molecule has 2 aromatic heterocycles. The fraction of sp³-hybridized carbons (Fsp3) is 0.526. The third kappa shape index (κ3) is 6.65. The number of nitrogens with zero attached hydrogens (tertiary/aromatic N) is 3. The van der Waals surface area contributed by atoms with Gasteiger partial charge in [-0.05, 0) is 50.9 Å². The lowest BCUT2D eigenvalue weighted by molar-refractivity contribution is 0.0686. The molecule has 0 unspecified atom stereocenters. The van der Waals surface area contributed by atoms with E-state index in [-0.39, 0.29) is 30.7 Å². The van der Waals surface area contributed by atoms with Crippen LogP contribution in [-0.4, -0.2) is 47.1 Å². The summed E-state index contributed by atoms with van der Waals surface area (Å²) in [6, 6.07) is 5.61. The number of carbonyl (C=O) groups excluding carboxylic acids is 1. The SMILES string of the molecule is CCNCC1CCN(C(=O)c2cccnc2SCc2cc(C)on2)CC1.Cl.Cl. The first-order valence-corrected chi connectivity index (χ1v) is 10.2. The molecular formula is C19H28Cl2N4O2S. The van der Waals surface area contributed by atoms with Gasteiger partial charge in [0.1, 0.15) is 10.8 Å². The smallest absolute Gasteiger partial charge is 0.256 e. The minimum absolute atomic E-state index is 0. The Kier molecular flexibility index (Phi) is 10.9. The Morgan fingerprint density at radius 2 is 2.11 bits per heavy atom. The van der Waals surface area contributed by atoms with Crippen LogP contribution in [-0.2, 0) is 5.75 Å². The van der Waals surface area contributed by atoms with Gasteiger partial charge in [-0.1, -0.05) is 23.8 Å². The van der Waals surface area contributed by atoms with Crippen molar-refractivity contribution >= 4 is 42.5 Å². The molecule has 0 aromatic carbocycles. The highest BCUT2D eigenvalue weighted by molar-refractivity contribution is 7.98. The van der Waals surface area contributed by atoms with Crippen molar-refractivity contribution in [1.29, 1.82) is 0 Å². The standard InChI is InChI=1S/C19H26N4O2S.2ClH/c1-3-20-12-15-6-9-23(10-7-15)19(24)17-5-4-8-21-18(17)26-13-16-11-14(2)25-22-16;;/h4-5,8,11,15,20H,3,6-7,9-10,12-13H2,1-2H3;2*1H. The van der Waals surface area contributed by atoms with Crippen LogP contribution in [0.4, 0.5) is 0 Å². The van der Waals surface area contributed by atoms with Gasteiger partial charge in [0.05, 0.1) is 11.3 Å². The average molecular weight is 447 g/mol. The normalized spacial score (nSPS) is 14.3. The van der Waals surface area contributed by atoms with Gasteiger partial charge < -0.3 is 14.7 Å². The van der Waals surface area contributed by atoms with Crippen molar-refractivity contribution < 1.29 is 9.32 Å². The molecule has 3 rings (SSSR count). The number of thioether (sulfide) groups is 1. The molecule has 0 saturated carbocycles. The number of pyridine rings is 1. The Morgan fingerprint density at radius 1 is 1.36 bits per heavy atom. The summed E-state index contributed by atoms with van der Waals surface area (Å²) < 4.78 is 5.10. The summed E-state index contributed by atoms with van der Waals surface area (Å²) in [7, 11) is 0. The van der Waals surface area contributed by atoms with E-state index in [2.05, 4.69) is 22.4 Å². The average Bonchev–Trinajstić information content (AvgIpc) is 3.10. The number of halogens is 2. The van der Waals surface area contributed by atoms with Crippen LogP contribution in [0.25, 0.3) is 0 Å². The molecule has 2 aromatic rings. The van der Waals surface area contributed by atoms with Crippen LogP contribution in [0.2, 0.25) is 0 Å². The van der Waals surface area contributed by atoms with Crippen molar-refractivity contribution in [2.24, 2.45) is 5.92 Å². The van der Waals surface area contributed by atoms with Gasteiger partial charge in [0, 0.05) is 31.1 Å². The minimum atomic E-state index is 0. The second-order valence-corrected chi connectivity index (χ2v) is 7.58. The van der Waals surface area contributed by atoms with Crippen LogP contribution >= 0.6 is 36.6 Å². The van der Waals surface area contributed by atoms with E-state index in [9.17, 15) is 4.79 Å². The van der Waals surface area contributed by atoms with E-state index in [1.807, 2.05) is 30.0 Å². The zero-order valence-corrected chi connectivity index (χ0v) is 18.7. The molecule has 156 valence electrons. The molecule has 6 nitrogen and oxygen atoms in total. The Labute approximate surface area is 183 Å². The van der Waals surface area contributed by atoms with E-state index in [1.165, 1.54) is 11.8 Å². The molecule has 1 N–H and O–H groups in total. The zero-order chi connectivity index (χ0) is 18.4. The van der Waals surface area contributed by atoms with Crippen LogP contribution in [0.5, 0.6) is 0 Å². The molecule has 28 heavy (non-hydrogen) atoms. The molecule has 0 aliphatic carbocycles. The first-order chi connectivity index (χ1) is 12.7. The number of piperidine rings is 1. The van der Waals surface area contributed by atoms with Crippen molar-refractivity contribution in [2.75, 3.05) is 26.2 Å². The van der Waals surface area contributed by atoms with Gasteiger partial charge in [-0.2, -0.15) is 0 Å². The fourth-order valence-electron chi connectivity index (χ4n) is 3.16. The number of nitrogens with one attached hydrogen (secondary N) is 1. The Morgan fingerprint density at radius 3 is 2.75 bits per heavy atom. The molecular weight excluding hydrogens is 419 g/mol. The lowest BCUT2D eigenvalue weighted by Gasteiger charge is -2.32. The molecule has 1 saturated heterocycles. The largest absolute Gasteiger partial charge is 0.361 e. The minimum Gasteiger partial charge on any atom is -0.361 e. The maximum atomic E-state index is 13.0. The number of hydrogen-bond donors (Lipinski definition) is 1. The van der Waals surface area contributed by atoms with E-state index in [0.29, 0.717) is 17.2 Å². The maximum Gasteiger partial charge on any atom is 0.256 e. The summed E-state index contributed by atoms with van der Waals surface area (Å²) in [5, 5.41) is 8.17. The first-order valence-electron chi connectivity index (χ1n) is 9.17. The van der Waals surface area contributed by atoms with Crippen LogP contribution < -0.4 is 5.32 Å². The van der Waals surface area contributed by atoms with Gasteiger partial charge >= 0.3 is 0 Å². The highest BCUT2D eigenvalue weighted by Gasteiger charge is 2.25. The molecule has 0 spiro atoms. The topological polar surface area (TPSA) is 71.3 Å². The predicted octanol–water partition coefficient (Wildman–Crippen LogP) is 3.98. The molecule has 0 atom stereocenters. The second kappa shape index (κ2) is 12.3. The molecule has 0 radical (unpaired) electrons. The summed E-state index contributed by atoms with van der Waals surface area (Å²) in [4.78, 5) is 19.4. The van der Waals surface area contributed by atoms with Crippen molar-refractivity contribution in [3.05, 3.63) is 41.4 Å². The molecule has 9 heteroatoms. The monoisotopic (exact) mass is 446 g/mol. The van der Waals surface area contributed by atoms with Gasteiger partial charge in [-0.15, -0.1) is 24.8 Å². The highest BCUT2D eigenvalue weighted by Crippen LogP contribution is 2.26. The number of carbonyl (C=O) groups is 1. The summed E-state index contributed by atoms with van der Waals surface area (Å²) in [5.74, 6) is 2.17. The maximum absolute atomic E-state index is 13.0. The Balaban J connectivity index is 0.00000196. The third-order valence-electron chi connectivity index (χ3n) is 4.62. The number of aryl methyl sites for hydroxylation is 1. The van der Waals surface area contributed by atoms with E-state index >= 15 is 0 Å². The van der Waals surface area contributed by atoms with Crippen molar-refractivity contribution in [3.8, 4) is 0 Å². The molecule has 1 amide bonds. The Hall–Kier alpha value is -1.28. The van der Waals surface area contributed by atoms with Crippen LogP contribution in [0, 0.1) is 12.8 Å². The number of hydrogen-bond acceptors (Lipinski definition) is 6. The molecule has 1 fully saturated rings. The van der Waals surface area contributed by atoms with Gasteiger partial charge in [0.15, 0.2) is 0 Å². The Bertz CT molecular complexity index is 736. The van der Waals surface area contributed by atoms with Crippen molar-refractivity contribution in [1.82, 2.24) is 20.4 Å². The summed E-state index contributed by atoms with van der Waals surface area (Å²) in [6.07, 6.45) is 3.84.